The smallest absolute Gasteiger partial charge is 0.317 e. The van der Waals surface area contributed by atoms with Gasteiger partial charge in [0, 0.05) is 5.56 Å². The zero-order chi connectivity index (χ0) is 11.4. The number of methoxy groups -OCH3 is 1. The number of carbonyl (C=O) groups is 1. The topological polar surface area (TPSA) is 26.3 Å². The first kappa shape index (κ1) is 10.5. The summed E-state index contributed by atoms with van der Waals surface area (Å²) < 4.78 is 4.53. The Hall–Kier alpha value is -2.01. The highest BCUT2D eigenvalue weighted by Crippen LogP contribution is 2.22. The summed E-state index contributed by atoms with van der Waals surface area (Å²) in [6.07, 6.45) is 5.29. The predicted molar refractivity (Wildman–Crippen MR) is 62.7 cm³/mol. The molecule has 1 aromatic rings. The summed E-state index contributed by atoms with van der Waals surface area (Å²) in [5.41, 5.74) is 3.48. The molecule has 1 aromatic carbocycles. The lowest BCUT2D eigenvalue weighted by Gasteiger charge is -2.00. The average molecular weight is 212 g/mol. The standard InChI is InChI=1S/C14H12O2/c1-16-14(15)10-4-8-12-6-2-5-11-7-3-9-13(11)12/h2-3,5-7H,9-10H2,1H3. The van der Waals surface area contributed by atoms with Gasteiger partial charge >= 0.3 is 5.97 Å². The van der Waals surface area contributed by atoms with Crippen LogP contribution in [-0.2, 0) is 16.0 Å². The molecular weight excluding hydrogens is 200 g/mol. The fraction of sp³-hybridized carbons (Fsp3) is 0.214. The number of benzene rings is 1. The highest BCUT2D eigenvalue weighted by Gasteiger charge is 2.07. The van der Waals surface area contributed by atoms with Gasteiger partial charge in [0.15, 0.2) is 0 Å². The molecule has 0 heterocycles. The van der Waals surface area contributed by atoms with E-state index in [0.717, 1.165) is 12.0 Å². The van der Waals surface area contributed by atoms with Gasteiger partial charge in [0.25, 0.3) is 0 Å². The van der Waals surface area contributed by atoms with E-state index in [4.69, 9.17) is 0 Å². The van der Waals surface area contributed by atoms with Crippen molar-refractivity contribution in [2.24, 2.45) is 0 Å². The summed E-state index contributed by atoms with van der Waals surface area (Å²) in [6, 6.07) is 6.04. The number of carbonyl (C=O) groups excluding carboxylic acids is 1. The highest BCUT2D eigenvalue weighted by atomic mass is 16.5. The van der Waals surface area contributed by atoms with Crippen molar-refractivity contribution in [1.29, 1.82) is 0 Å². The molecular formula is C14H12O2. The van der Waals surface area contributed by atoms with Gasteiger partial charge in [-0.15, -0.1) is 0 Å². The number of esters is 1. The van der Waals surface area contributed by atoms with Gasteiger partial charge in [0.2, 0.25) is 0 Å². The van der Waals surface area contributed by atoms with Crippen molar-refractivity contribution < 1.29 is 9.53 Å². The van der Waals surface area contributed by atoms with E-state index in [-0.39, 0.29) is 12.4 Å². The number of allylic oxidation sites excluding steroid dienone is 1. The molecule has 0 saturated carbocycles. The minimum Gasteiger partial charge on any atom is -0.468 e. The maximum absolute atomic E-state index is 10.9. The molecule has 0 bridgehead atoms. The van der Waals surface area contributed by atoms with Crippen LogP contribution in [0, 0.1) is 11.8 Å². The molecule has 0 aromatic heterocycles. The number of hydrogen-bond donors (Lipinski definition) is 0. The number of rotatable bonds is 1. The largest absolute Gasteiger partial charge is 0.468 e. The van der Waals surface area contributed by atoms with Crippen molar-refractivity contribution in [2.75, 3.05) is 7.11 Å². The third kappa shape index (κ3) is 2.14. The number of fused-ring (bicyclic) bond motifs is 1. The molecule has 2 rings (SSSR count). The molecule has 2 nitrogen and oxygen atoms in total. The van der Waals surface area contributed by atoms with E-state index in [0.29, 0.717) is 0 Å². The zero-order valence-corrected chi connectivity index (χ0v) is 9.12. The lowest BCUT2D eigenvalue weighted by atomic mass is 10.0. The summed E-state index contributed by atoms with van der Waals surface area (Å²) in [7, 11) is 1.37. The summed E-state index contributed by atoms with van der Waals surface area (Å²) in [5.74, 6) is 5.56. The highest BCUT2D eigenvalue weighted by molar-refractivity contribution is 5.72. The average Bonchev–Trinajstić information content (AvgIpc) is 2.77. The fourth-order valence-corrected chi connectivity index (χ4v) is 1.69. The van der Waals surface area contributed by atoms with Crippen molar-refractivity contribution >= 4 is 12.0 Å². The molecule has 80 valence electrons. The van der Waals surface area contributed by atoms with E-state index in [1.807, 2.05) is 12.1 Å². The van der Waals surface area contributed by atoms with Crippen LogP contribution in [0.4, 0.5) is 0 Å². The third-order valence-electron chi connectivity index (χ3n) is 2.52. The van der Waals surface area contributed by atoms with Crippen LogP contribution in [-0.4, -0.2) is 13.1 Å². The first-order valence-electron chi connectivity index (χ1n) is 5.15. The summed E-state index contributed by atoms with van der Waals surface area (Å²) in [4.78, 5) is 10.9. The molecule has 0 spiro atoms. The Kier molecular flexibility index (Phi) is 3.07. The fourth-order valence-electron chi connectivity index (χ4n) is 1.69. The van der Waals surface area contributed by atoms with Crippen molar-refractivity contribution in [3.05, 3.63) is 41.0 Å². The minimum atomic E-state index is -0.293. The molecule has 0 radical (unpaired) electrons. The van der Waals surface area contributed by atoms with Crippen LogP contribution in [0.2, 0.25) is 0 Å². The van der Waals surface area contributed by atoms with E-state index in [1.165, 1.54) is 18.2 Å². The molecule has 0 N–H and O–H groups in total. The molecule has 2 heteroatoms. The lowest BCUT2D eigenvalue weighted by Crippen LogP contribution is -1.97. The van der Waals surface area contributed by atoms with E-state index in [2.05, 4.69) is 34.8 Å². The lowest BCUT2D eigenvalue weighted by molar-refractivity contribution is -0.139. The maximum Gasteiger partial charge on any atom is 0.317 e. The Bertz CT molecular complexity index is 501. The minimum absolute atomic E-state index is 0.146. The Labute approximate surface area is 94.9 Å². The second-order valence-corrected chi connectivity index (χ2v) is 3.53. The Morgan fingerprint density at radius 3 is 3.19 bits per heavy atom. The van der Waals surface area contributed by atoms with Crippen molar-refractivity contribution in [3.8, 4) is 11.8 Å². The van der Waals surface area contributed by atoms with E-state index < -0.39 is 0 Å². The van der Waals surface area contributed by atoms with Crippen molar-refractivity contribution in [3.63, 3.8) is 0 Å². The molecule has 16 heavy (non-hydrogen) atoms. The molecule has 0 atom stereocenters. The first-order chi connectivity index (χ1) is 7.81. The Morgan fingerprint density at radius 2 is 2.38 bits per heavy atom. The molecule has 0 fully saturated rings. The van der Waals surface area contributed by atoms with Gasteiger partial charge in [0.1, 0.15) is 6.42 Å². The molecule has 0 saturated heterocycles. The van der Waals surface area contributed by atoms with Crippen LogP contribution in [0.5, 0.6) is 0 Å². The van der Waals surface area contributed by atoms with Crippen LogP contribution < -0.4 is 0 Å². The summed E-state index contributed by atoms with van der Waals surface area (Å²) >= 11 is 0. The maximum atomic E-state index is 10.9. The molecule has 0 aliphatic heterocycles. The number of hydrogen-bond acceptors (Lipinski definition) is 2. The Balaban J connectivity index is 2.17. The van der Waals surface area contributed by atoms with Crippen molar-refractivity contribution in [2.45, 2.75) is 12.8 Å². The van der Waals surface area contributed by atoms with Crippen molar-refractivity contribution in [1.82, 2.24) is 0 Å². The van der Waals surface area contributed by atoms with Crippen LogP contribution in [0.25, 0.3) is 6.08 Å². The number of ether oxygens (including phenoxy) is 1. The third-order valence-corrected chi connectivity index (χ3v) is 2.52. The van der Waals surface area contributed by atoms with Gasteiger partial charge in [-0.2, -0.15) is 0 Å². The zero-order valence-electron chi connectivity index (χ0n) is 9.12. The molecule has 1 aliphatic rings. The monoisotopic (exact) mass is 212 g/mol. The van der Waals surface area contributed by atoms with Gasteiger partial charge in [-0.3, -0.25) is 4.79 Å². The predicted octanol–water partition coefficient (Wildman–Crippen LogP) is 2.17. The van der Waals surface area contributed by atoms with Gasteiger partial charge in [0.05, 0.1) is 7.11 Å². The summed E-state index contributed by atoms with van der Waals surface area (Å²) in [5, 5.41) is 0. The second-order valence-electron chi connectivity index (χ2n) is 3.53. The quantitative estimate of drug-likeness (QED) is 0.526. The second kappa shape index (κ2) is 4.67. The van der Waals surface area contributed by atoms with E-state index >= 15 is 0 Å². The van der Waals surface area contributed by atoms with Gasteiger partial charge in [-0.05, 0) is 23.6 Å². The van der Waals surface area contributed by atoms with Gasteiger partial charge < -0.3 is 4.74 Å². The van der Waals surface area contributed by atoms with Gasteiger partial charge in [-0.1, -0.05) is 36.1 Å². The van der Waals surface area contributed by atoms with Crippen LogP contribution in [0.15, 0.2) is 24.3 Å². The normalized spacial score (nSPS) is 11.6. The Morgan fingerprint density at radius 1 is 1.50 bits per heavy atom. The van der Waals surface area contributed by atoms with Crippen LogP contribution >= 0.6 is 0 Å². The molecule has 0 amide bonds. The van der Waals surface area contributed by atoms with Crippen LogP contribution in [0.1, 0.15) is 23.1 Å². The molecule has 0 unspecified atom stereocenters. The van der Waals surface area contributed by atoms with E-state index in [9.17, 15) is 4.79 Å². The first-order valence-corrected chi connectivity index (χ1v) is 5.15. The summed E-state index contributed by atoms with van der Waals surface area (Å²) in [6.45, 7) is 0. The van der Waals surface area contributed by atoms with E-state index in [1.54, 1.807) is 0 Å². The van der Waals surface area contributed by atoms with Crippen LogP contribution in [0.3, 0.4) is 0 Å². The van der Waals surface area contributed by atoms with Gasteiger partial charge in [-0.25, -0.2) is 0 Å². The SMILES string of the molecule is COC(=O)CC#Cc1cccc2c1CC=C2. The molecule has 1 aliphatic carbocycles.